The number of carbonyl (C=O) groups excluding carboxylic acids is 1. The maximum atomic E-state index is 14.2. The van der Waals surface area contributed by atoms with Crippen molar-refractivity contribution in [2.75, 3.05) is 0 Å². The summed E-state index contributed by atoms with van der Waals surface area (Å²) in [7, 11) is 0. The Morgan fingerprint density at radius 3 is 2.34 bits per heavy atom. The molecular formula is C25H19F4N3O3. The first-order chi connectivity index (χ1) is 16.6. The van der Waals surface area contributed by atoms with E-state index in [-0.39, 0.29) is 22.9 Å². The van der Waals surface area contributed by atoms with Crippen molar-refractivity contribution in [3.05, 3.63) is 116 Å². The number of benzene rings is 3. The molecule has 0 saturated carbocycles. The molecule has 0 radical (unpaired) electrons. The summed E-state index contributed by atoms with van der Waals surface area (Å²) < 4.78 is 55.7. The van der Waals surface area contributed by atoms with Crippen molar-refractivity contribution in [3.8, 4) is 0 Å². The molecule has 2 atom stereocenters. The first-order valence-electron chi connectivity index (χ1n) is 10.6. The molecule has 6 nitrogen and oxygen atoms in total. The molecule has 0 unspecified atom stereocenters. The van der Waals surface area contributed by atoms with E-state index in [9.17, 15) is 31.9 Å². The lowest BCUT2D eigenvalue weighted by Gasteiger charge is -2.22. The molecule has 1 amide bonds. The molecule has 1 aromatic heterocycles. The number of nitrogens with one attached hydrogen (secondary N) is 2. The van der Waals surface area contributed by atoms with Crippen molar-refractivity contribution in [1.82, 2.24) is 14.9 Å². The highest BCUT2D eigenvalue weighted by molar-refractivity contribution is 5.82. The van der Waals surface area contributed by atoms with E-state index in [1.54, 1.807) is 0 Å². The van der Waals surface area contributed by atoms with E-state index < -0.39 is 52.5 Å². The average Bonchev–Trinajstić information content (AvgIpc) is 2.79. The Labute approximate surface area is 195 Å². The third-order valence-electron chi connectivity index (χ3n) is 5.61. The summed E-state index contributed by atoms with van der Waals surface area (Å²) in [6.45, 7) is 1.44. The highest BCUT2D eigenvalue weighted by Crippen LogP contribution is 2.20. The minimum Gasteiger partial charge on any atom is -0.348 e. The van der Waals surface area contributed by atoms with E-state index in [1.165, 1.54) is 31.2 Å². The van der Waals surface area contributed by atoms with Gasteiger partial charge < -0.3 is 10.3 Å². The molecule has 0 saturated heterocycles. The summed E-state index contributed by atoms with van der Waals surface area (Å²) in [6.07, 6.45) is -0.272. The van der Waals surface area contributed by atoms with Gasteiger partial charge in [-0.15, -0.1) is 0 Å². The van der Waals surface area contributed by atoms with Crippen LogP contribution in [0.1, 0.15) is 30.1 Å². The Morgan fingerprint density at radius 2 is 1.63 bits per heavy atom. The minimum absolute atomic E-state index is 0.0221. The number of fused-ring (bicyclic) bond motifs is 1. The molecule has 0 spiro atoms. The molecule has 0 aliphatic rings. The molecule has 180 valence electrons. The highest BCUT2D eigenvalue weighted by Gasteiger charge is 2.27. The lowest BCUT2D eigenvalue weighted by atomic mass is 10.0. The largest absolute Gasteiger partial charge is 0.348 e. The van der Waals surface area contributed by atoms with Gasteiger partial charge in [0, 0.05) is 18.1 Å². The number of hydrogen-bond acceptors (Lipinski definition) is 3. The fourth-order valence-corrected chi connectivity index (χ4v) is 3.91. The monoisotopic (exact) mass is 485 g/mol. The first-order valence-corrected chi connectivity index (χ1v) is 10.6. The van der Waals surface area contributed by atoms with Gasteiger partial charge in [-0.2, -0.15) is 0 Å². The van der Waals surface area contributed by atoms with Crippen LogP contribution < -0.4 is 16.6 Å². The topological polar surface area (TPSA) is 84.0 Å². The zero-order valence-corrected chi connectivity index (χ0v) is 18.3. The van der Waals surface area contributed by atoms with Crippen molar-refractivity contribution in [3.63, 3.8) is 0 Å². The molecule has 0 bridgehead atoms. The van der Waals surface area contributed by atoms with Crippen molar-refractivity contribution >= 4 is 16.8 Å². The van der Waals surface area contributed by atoms with Crippen molar-refractivity contribution in [2.45, 2.75) is 25.4 Å². The van der Waals surface area contributed by atoms with Gasteiger partial charge in [0.25, 0.3) is 5.56 Å². The lowest BCUT2D eigenvalue weighted by Crippen LogP contribution is -2.46. The molecule has 0 fully saturated rings. The van der Waals surface area contributed by atoms with Crippen LogP contribution >= 0.6 is 0 Å². The Balaban J connectivity index is 1.79. The predicted molar refractivity (Wildman–Crippen MR) is 121 cm³/mol. The van der Waals surface area contributed by atoms with Crippen LogP contribution in [0, 0.1) is 23.3 Å². The molecule has 4 aromatic rings. The second-order valence-corrected chi connectivity index (χ2v) is 8.04. The zero-order chi connectivity index (χ0) is 25.3. The highest BCUT2D eigenvalue weighted by atomic mass is 19.1. The molecule has 4 rings (SSSR count). The van der Waals surface area contributed by atoms with E-state index in [0.717, 1.165) is 30.3 Å². The van der Waals surface area contributed by atoms with Crippen LogP contribution in [0.15, 0.2) is 70.3 Å². The summed E-state index contributed by atoms with van der Waals surface area (Å²) in [4.78, 5) is 41.8. The molecule has 2 N–H and O–H groups in total. The summed E-state index contributed by atoms with van der Waals surface area (Å²) in [5.74, 6) is -3.86. The third-order valence-corrected chi connectivity index (χ3v) is 5.61. The number of amides is 1. The number of nitrogens with zero attached hydrogens (tertiary/aromatic N) is 1. The molecular weight excluding hydrogens is 466 g/mol. The van der Waals surface area contributed by atoms with Crippen LogP contribution in [0.4, 0.5) is 17.6 Å². The minimum atomic E-state index is -1.49. The second-order valence-electron chi connectivity index (χ2n) is 8.04. The van der Waals surface area contributed by atoms with Gasteiger partial charge in [-0.05, 0) is 48.9 Å². The van der Waals surface area contributed by atoms with Crippen LogP contribution in [-0.4, -0.2) is 15.5 Å². The van der Waals surface area contributed by atoms with Crippen LogP contribution in [0.25, 0.3) is 10.9 Å². The SMILES string of the molecule is C[C@@H](NC(=O)[C@H](Cc1cccc(F)c1)n1c(=O)[nH]c2ccc(F)cc2c1=O)c1ccc(F)cc1F. The Hall–Kier alpha value is -4.21. The van der Waals surface area contributed by atoms with Gasteiger partial charge in [0.2, 0.25) is 5.91 Å². The zero-order valence-electron chi connectivity index (χ0n) is 18.3. The van der Waals surface area contributed by atoms with Crippen molar-refractivity contribution in [1.29, 1.82) is 0 Å². The molecule has 0 aliphatic heterocycles. The smallest absolute Gasteiger partial charge is 0.329 e. The van der Waals surface area contributed by atoms with Crippen molar-refractivity contribution in [2.24, 2.45) is 0 Å². The average molecular weight is 485 g/mol. The number of rotatable bonds is 6. The van der Waals surface area contributed by atoms with E-state index in [1.807, 2.05) is 0 Å². The Kier molecular flexibility index (Phi) is 6.54. The molecule has 3 aromatic carbocycles. The van der Waals surface area contributed by atoms with Gasteiger partial charge in [0.05, 0.1) is 16.9 Å². The number of halogens is 4. The molecule has 10 heteroatoms. The first kappa shape index (κ1) is 23.9. The number of aromatic amines is 1. The standard InChI is InChI=1S/C25H19F4N3O3/c1-13(18-7-5-17(28)12-20(18)29)30-23(33)22(10-14-3-2-4-15(26)9-14)32-24(34)19-11-16(27)6-8-21(19)31-25(32)35/h2-9,11-13,22H,10H2,1H3,(H,30,33)(H,31,35)/t13-,22+/m1/s1. The summed E-state index contributed by atoms with van der Waals surface area (Å²) >= 11 is 0. The van der Waals surface area contributed by atoms with Crippen LogP contribution in [0.2, 0.25) is 0 Å². The van der Waals surface area contributed by atoms with Gasteiger partial charge in [-0.3, -0.25) is 9.59 Å². The third kappa shape index (κ3) is 5.01. The van der Waals surface area contributed by atoms with Gasteiger partial charge in [-0.1, -0.05) is 18.2 Å². The fraction of sp³-hybridized carbons (Fsp3) is 0.160. The van der Waals surface area contributed by atoms with E-state index in [2.05, 4.69) is 10.3 Å². The number of H-pyrrole nitrogens is 1. The van der Waals surface area contributed by atoms with Gasteiger partial charge >= 0.3 is 5.69 Å². The van der Waals surface area contributed by atoms with Crippen LogP contribution in [-0.2, 0) is 11.2 Å². The molecule has 0 aliphatic carbocycles. The molecule has 35 heavy (non-hydrogen) atoms. The van der Waals surface area contributed by atoms with E-state index >= 15 is 0 Å². The Morgan fingerprint density at radius 1 is 0.943 bits per heavy atom. The number of carbonyl (C=O) groups is 1. The van der Waals surface area contributed by atoms with E-state index in [4.69, 9.17) is 0 Å². The lowest BCUT2D eigenvalue weighted by molar-refractivity contribution is -0.125. The fourth-order valence-electron chi connectivity index (χ4n) is 3.91. The van der Waals surface area contributed by atoms with Gasteiger partial charge in [0.1, 0.15) is 29.3 Å². The van der Waals surface area contributed by atoms with Gasteiger partial charge in [-0.25, -0.2) is 26.9 Å². The normalized spacial score (nSPS) is 12.9. The predicted octanol–water partition coefficient (Wildman–Crippen LogP) is 3.91. The van der Waals surface area contributed by atoms with Crippen LogP contribution in [0.3, 0.4) is 0 Å². The Bertz CT molecular complexity index is 1550. The molecule has 1 heterocycles. The van der Waals surface area contributed by atoms with Crippen molar-refractivity contribution < 1.29 is 22.4 Å². The second kappa shape index (κ2) is 9.57. The maximum Gasteiger partial charge on any atom is 0.329 e. The quantitative estimate of drug-likeness (QED) is 0.407. The number of hydrogen-bond donors (Lipinski definition) is 2. The van der Waals surface area contributed by atoms with Crippen LogP contribution in [0.5, 0.6) is 0 Å². The summed E-state index contributed by atoms with van der Waals surface area (Å²) in [5.41, 5.74) is -1.52. The summed E-state index contributed by atoms with van der Waals surface area (Å²) in [6, 6.07) is 8.85. The van der Waals surface area contributed by atoms with E-state index in [0.29, 0.717) is 16.2 Å². The summed E-state index contributed by atoms with van der Waals surface area (Å²) in [5, 5.41) is 2.35. The number of aromatic nitrogens is 2. The maximum absolute atomic E-state index is 14.2. The van der Waals surface area contributed by atoms with Gasteiger partial charge in [0.15, 0.2) is 0 Å².